The maximum atomic E-state index is 14.6. The van der Waals surface area contributed by atoms with Crippen LogP contribution in [0.25, 0.3) is 0 Å². The van der Waals surface area contributed by atoms with Crippen molar-refractivity contribution in [2.75, 3.05) is 27.9 Å². The molecule has 3 aliphatic heterocycles. The van der Waals surface area contributed by atoms with Crippen molar-refractivity contribution in [2.45, 2.75) is 180 Å². The molecule has 14 heteroatoms. The number of methoxy groups -OCH3 is 3. The number of amides is 1. The third kappa shape index (κ3) is 14.1. The number of rotatable bonds is 6. The van der Waals surface area contributed by atoms with Gasteiger partial charge in [-0.3, -0.25) is 19.2 Å². The van der Waals surface area contributed by atoms with Gasteiger partial charge < -0.3 is 43.9 Å². The van der Waals surface area contributed by atoms with Gasteiger partial charge in [0.05, 0.1) is 24.4 Å². The zero-order chi connectivity index (χ0) is 48.2. The highest BCUT2D eigenvalue weighted by Gasteiger charge is 2.53. The summed E-state index contributed by atoms with van der Waals surface area (Å²) in [5, 5.41) is 33.9. The van der Waals surface area contributed by atoms with Gasteiger partial charge in [0, 0.05) is 58.0 Å². The molecule has 1 amide bonds. The number of ketones is 3. The molecule has 65 heavy (non-hydrogen) atoms. The largest absolute Gasteiger partial charge is 0.453 e. The number of fused-ring (bicyclic) bond motifs is 3. The van der Waals surface area contributed by atoms with Gasteiger partial charge in [-0.05, 0) is 107 Å². The molecule has 4 rings (SSSR count). The van der Waals surface area contributed by atoms with Crippen LogP contribution in [0.3, 0.4) is 0 Å². The Labute approximate surface area is 387 Å². The summed E-state index contributed by atoms with van der Waals surface area (Å²) >= 11 is 0. The topological polar surface area (TPSA) is 195 Å². The number of carbonyl (C=O) groups is 5. The van der Waals surface area contributed by atoms with Crippen LogP contribution in [0, 0.1) is 35.5 Å². The highest BCUT2D eigenvalue weighted by molar-refractivity contribution is 6.39. The van der Waals surface area contributed by atoms with Gasteiger partial charge in [0.2, 0.25) is 5.79 Å². The fourth-order valence-corrected chi connectivity index (χ4v) is 10.0. The van der Waals surface area contributed by atoms with Crippen molar-refractivity contribution >= 4 is 29.2 Å². The lowest BCUT2D eigenvalue weighted by atomic mass is 9.78. The Hall–Kier alpha value is -3.37. The molecule has 4 aliphatic rings. The van der Waals surface area contributed by atoms with Crippen LogP contribution < -0.4 is 0 Å². The number of cyclic esters (lactones) is 1. The number of aliphatic hydroxyl groups is 3. The highest BCUT2D eigenvalue weighted by atomic mass is 16.6. The smallest absolute Gasteiger partial charge is 0.329 e. The van der Waals surface area contributed by atoms with Crippen molar-refractivity contribution in [3.63, 3.8) is 0 Å². The van der Waals surface area contributed by atoms with E-state index in [1.807, 2.05) is 45.1 Å². The molecule has 366 valence electrons. The van der Waals surface area contributed by atoms with Crippen molar-refractivity contribution in [1.29, 1.82) is 0 Å². The number of ether oxygens (including phenoxy) is 5. The molecule has 1 aliphatic carbocycles. The first-order valence-corrected chi connectivity index (χ1v) is 24.0. The molecular formula is C51H79NO13. The number of esters is 1. The number of hydrogen-bond acceptors (Lipinski definition) is 13. The molecule has 0 aromatic heterocycles. The molecular weight excluding hydrogens is 835 g/mol. The summed E-state index contributed by atoms with van der Waals surface area (Å²) in [5.74, 6) is -8.55. The average Bonchev–Trinajstić information content (AvgIpc) is 3.29. The van der Waals surface area contributed by atoms with E-state index in [9.17, 15) is 39.3 Å². The Bertz CT molecular complexity index is 1760. The third-order valence-electron chi connectivity index (χ3n) is 14.5. The van der Waals surface area contributed by atoms with E-state index in [0.29, 0.717) is 69.8 Å². The fraction of sp³-hybridized carbons (Fsp3) is 0.745. The van der Waals surface area contributed by atoms with Crippen molar-refractivity contribution < 1.29 is 63.0 Å². The van der Waals surface area contributed by atoms with E-state index >= 15 is 0 Å². The normalized spacial score (nSPS) is 40.4. The molecule has 3 fully saturated rings. The Morgan fingerprint density at radius 1 is 0.815 bits per heavy atom. The molecule has 0 spiro atoms. The van der Waals surface area contributed by atoms with Crippen LogP contribution in [0.4, 0.5) is 0 Å². The SMILES string of the molecule is COC1C[C@@H]2CC[C@@H](C)[C@@](O)(O2)C(=O)C(=O)N2CCCC[C@H]2C(=O)OC([C@H](C)C[C@@H]2CC[C@@H](O)[C@H](OC)C2)C(=O)C(C)/C=C(\C)[C@@H](O)[C@@H](OC)C(=O)[C@H](C)CCC(C)/C=C/C=C/C=C/1C. The highest BCUT2D eigenvalue weighted by Crippen LogP contribution is 2.38. The summed E-state index contributed by atoms with van der Waals surface area (Å²) in [5.41, 5.74) is 1.23. The molecule has 0 radical (unpaired) electrons. The van der Waals surface area contributed by atoms with E-state index in [2.05, 4.69) is 13.0 Å². The van der Waals surface area contributed by atoms with Crippen molar-refractivity contribution in [1.82, 2.24) is 4.90 Å². The fourth-order valence-electron chi connectivity index (χ4n) is 10.0. The summed E-state index contributed by atoms with van der Waals surface area (Å²) < 4.78 is 29.3. The quantitative estimate of drug-likeness (QED) is 0.156. The monoisotopic (exact) mass is 914 g/mol. The van der Waals surface area contributed by atoms with Gasteiger partial charge in [-0.2, -0.15) is 0 Å². The lowest BCUT2D eigenvalue weighted by Crippen LogP contribution is -2.61. The van der Waals surface area contributed by atoms with Gasteiger partial charge in [-0.1, -0.05) is 71.1 Å². The van der Waals surface area contributed by atoms with Gasteiger partial charge in [0.15, 0.2) is 17.7 Å². The van der Waals surface area contributed by atoms with Crippen LogP contribution in [0.1, 0.15) is 126 Å². The molecule has 0 aromatic carbocycles. The molecule has 4 unspecified atom stereocenters. The Morgan fingerprint density at radius 3 is 2.22 bits per heavy atom. The van der Waals surface area contributed by atoms with Crippen molar-refractivity contribution in [3.8, 4) is 0 Å². The molecule has 0 aromatic rings. The van der Waals surface area contributed by atoms with E-state index in [4.69, 9.17) is 23.7 Å². The number of allylic oxidation sites excluding steroid dienone is 6. The van der Waals surface area contributed by atoms with E-state index in [1.165, 1.54) is 7.11 Å². The molecule has 1 saturated carbocycles. The Morgan fingerprint density at radius 2 is 1.54 bits per heavy atom. The van der Waals surface area contributed by atoms with Gasteiger partial charge in [-0.25, -0.2) is 4.79 Å². The molecule has 2 saturated heterocycles. The van der Waals surface area contributed by atoms with Gasteiger partial charge in [0.25, 0.3) is 11.7 Å². The summed E-state index contributed by atoms with van der Waals surface area (Å²) in [6.07, 6.45) is 11.5. The predicted molar refractivity (Wildman–Crippen MR) is 245 cm³/mol. The minimum absolute atomic E-state index is 0.0479. The van der Waals surface area contributed by atoms with Gasteiger partial charge in [0.1, 0.15) is 18.2 Å². The zero-order valence-electron chi connectivity index (χ0n) is 40.6. The van der Waals surface area contributed by atoms with E-state index in [1.54, 1.807) is 41.1 Å². The van der Waals surface area contributed by atoms with Crippen molar-refractivity contribution in [2.24, 2.45) is 35.5 Å². The molecule has 3 heterocycles. The Balaban J connectivity index is 1.72. The second-order valence-electron chi connectivity index (χ2n) is 19.5. The Kier molecular flexibility index (Phi) is 21.0. The van der Waals surface area contributed by atoms with Gasteiger partial charge in [-0.15, -0.1) is 0 Å². The first-order chi connectivity index (χ1) is 30.8. The van der Waals surface area contributed by atoms with Crippen LogP contribution in [-0.2, 0) is 47.7 Å². The first kappa shape index (κ1) is 54.2. The molecule has 2 bridgehead atoms. The van der Waals surface area contributed by atoms with E-state index < -0.39 is 95.6 Å². The number of nitrogens with zero attached hydrogens (tertiary/aromatic N) is 1. The summed E-state index contributed by atoms with van der Waals surface area (Å²) in [7, 11) is 4.50. The minimum atomic E-state index is -2.44. The lowest BCUT2D eigenvalue weighted by Gasteiger charge is -2.42. The van der Waals surface area contributed by atoms with Crippen molar-refractivity contribution in [3.05, 3.63) is 47.6 Å². The van der Waals surface area contributed by atoms with Crippen LogP contribution in [0.15, 0.2) is 47.6 Å². The number of aliphatic hydroxyl groups excluding tert-OH is 2. The van der Waals surface area contributed by atoms with Crippen LogP contribution >= 0.6 is 0 Å². The second kappa shape index (κ2) is 25.1. The maximum Gasteiger partial charge on any atom is 0.329 e. The zero-order valence-corrected chi connectivity index (χ0v) is 40.6. The standard InChI is InChI=1S/C51H79NO13/c1-30-16-12-11-13-17-31(2)41(61-8)29-38-23-21-36(7)51(60,65-38)48(57)49(58)52-25-15-14-18-39(52)50(59)64-46(35(6)27-37-22-24-40(53)42(28-37)62-9)44(55)33(4)26-34(5)45(56)47(63-10)43(54)32(3)20-19-30/h11-13,16-17,26,30,32-33,35-42,45-47,53,56,60H,14-15,18-25,27-29H2,1-10H3/b13-11+,16-12+,31-17+,34-26+/t30?,32-,33?,35-,36-,37+,38+,39+,40-,41?,42-,45-,46?,47+,51-/m1/s1. The maximum absolute atomic E-state index is 14.6. The summed E-state index contributed by atoms with van der Waals surface area (Å²) in [6.45, 7) is 12.6. The molecule has 3 N–H and O–H groups in total. The third-order valence-corrected chi connectivity index (χ3v) is 14.5. The lowest BCUT2D eigenvalue weighted by molar-refractivity contribution is -0.265. The van der Waals surface area contributed by atoms with E-state index in [-0.39, 0.29) is 36.7 Å². The second-order valence-corrected chi connectivity index (χ2v) is 19.5. The number of hydrogen-bond donors (Lipinski definition) is 3. The van der Waals surface area contributed by atoms with Crippen LogP contribution in [0.5, 0.6) is 0 Å². The summed E-state index contributed by atoms with van der Waals surface area (Å²) in [4.78, 5) is 72.3. The predicted octanol–water partition coefficient (Wildman–Crippen LogP) is 6.18. The average molecular weight is 914 g/mol. The first-order valence-electron chi connectivity index (χ1n) is 24.0. The minimum Gasteiger partial charge on any atom is -0.453 e. The van der Waals surface area contributed by atoms with Gasteiger partial charge >= 0.3 is 5.97 Å². The number of Topliss-reactive ketones (excluding diaryl/α,β-unsaturated/α-hetero) is 3. The van der Waals surface area contributed by atoms with Crippen LogP contribution in [-0.4, -0.2) is 132 Å². The number of piperidine rings is 1. The molecule has 14 nitrogen and oxygen atoms in total. The van der Waals surface area contributed by atoms with E-state index in [0.717, 1.165) is 16.9 Å². The summed E-state index contributed by atoms with van der Waals surface area (Å²) in [6, 6.07) is -1.21. The number of carbonyl (C=O) groups excluding carboxylic acids is 5. The molecule has 15 atom stereocenters. The van der Waals surface area contributed by atoms with Crippen LogP contribution in [0.2, 0.25) is 0 Å².